The standard InChI is InChI=1S/C28H37FO7.C2H4O2.Na/c1-6-23(33)35-15-22(32)28(36-24(34)7-2)16(3)12-20-19-9-8-17-13-18(30)10-11-25(17,4)27(19,29)21(31)14-26(20,28)5;1-2(3)4;/h10-11,13,16,19-21,31H,6-9,12,14-15H2,1-5H3;1H3,(H,3,4);/q;;+1/p-1/t16-,19-,20-,21-,25-,26-,27?,28-;;/m0../s1. The zero-order valence-corrected chi connectivity index (χ0v) is 27.1. The quantitative estimate of drug-likeness (QED) is 0.324. The molecule has 222 valence electrons. The molecule has 0 spiro atoms. The van der Waals surface area contributed by atoms with E-state index < -0.39 is 70.3 Å². The van der Waals surface area contributed by atoms with Crippen molar-refractivity contribution in [3.05, 3.63) is 23.8 Å². The molecule has 0 aromatic carbocycles. The summed E-state index contributed by atoms with van der Waals surface area (Å²) < 4.78 is 28.5. The van der Waals surface area contributed by atoms with Crippen molar-refractivity contribution in [1.29, 1.82) is 0 Å². The maximum atomic E-state index is 17.4. The van der Waals surface area contributed by atoms with Gasteiger partial charge >= 0.3 is 41.5 Å². The molecule has 0 aromatic heterocycles. The minimum absolute atomic E-state index is 0. The predicted octanol–water partition coefficient (Wildman–Crippen LogP) is -0.422. The Morgan fingerprint density at radius 2 is 1.71 bits per heavy atom. The van der Waals surface area contributed by atoms with Crippen molar-refractivity contribution in [3.63, 3.8) is 0 Å². The number of esters is 2. The number of carbonyl (C=O) groups is 5. The van der Waals surface area contributed by atoms with Crippen LogP contribution in [0.15, 0.2) is 23.8 Å². The Kier molecular flexibility index (Phi) is 11.0. The van der Waals surface area contributed by atoms with E-state index in [1.165, 1.54) is 12.2 Å². The molecular formula is C30H40FNaO9. The van der Waals surface area contributed by atoms with Crippen molar-refractivity contribution in [2.45, 2.75) is 97.4 Å². The number of aliphatic carboxylic acids is 1. The molecule has 11 heteroatoms. The molecule has 0 bridgehead atoms. The summed E-state index contributed by atoms with van der Waals surface area (Å²) in [7, 11) is 0. The summed E-state index contributed by atoms with van der Waals surface area (Å²) >= 11 is 0. The molecule has 1 unspecified atom stereocenters. The minimum atomic E-state index is -2.05. The van der Waals surface area contributed by atoms with Gasteiger partial charge in [-0.1, -0.05) is 39.3 Å². The maximum absolute atomic E-state index is 17.4. The second-order valence-electron chi connectivity index (χ2n) is 11.9. The number of ketones is 2. The van der Waals surface area contributed by atoms with Crippen LogP contribution in [0.2, 0.25) is 0 Å². The average Bonchev–Trinajstić information content (AvgIpc) is 3.09. The molecule has 4 aliphatic carbocycles. The van der Waals surface area contributed by atoms with E-state index in [0.717, 1.165) is 6.92 Å². The monoisotopic (exact) mass is 586 g/mol. The van der Waals surface area contributed by atoms with E-state index in [9.17, 15) is 24.3 Å². The van der Waals surface area contributed by atoms with Crippen molar-refractivity contribution in [2.24, 2.45) is 28.6 Å². The first-order chi connectivity index (χ1) is 18.5. The van der Waals surface area contributed by atoms with Crippen LogP contribution in [0.3, 0.4) is 0 Å². The SMILES string of the molecule is CC(=O)[O-].CCC(=O)OCC(=O)[C@@]1(OC(=O)CC)[C@@H](C)C[C@H]2[C@@H]3CCC4=CC(=O)C=C[C@]4(C)C3(F)[C@@H](O)C[C@@]21C.[Na+]. The smallest absolute Gasteiger partial charge is 0.550 e. The second kappa shape index (κ2) is 12.8. The molecule has 3 fully saturated rings. The fraction of sp³-hybridized carbons (Fsp3) is 0.700. The molecule has 41 heavy (non-hydrogen) atoms. The van der Waals surface area contributed by atoms with Gasteiger partial charge in [0.15, 0.2) is 23.7 Å². The average molecular weight is 587 g/mol. The first kappa shape index (κ1) is 35.3. The van der Waals surface area contributed by atoms with Crippen molar-refractivity contribution in [3.8, 4) is 0 Å². The van der Waals surface area contributed by atoms with Gasteiger partial charge in [0.1, 0.15) is 0 Å². The first-order valence-corrected chi connectivity index (χ1v) is 13.9. The largest absolute Gasteiger partial charge is 1.00 e. The van der Waals surface area contributed by atoms with Gasteiger partial charge in [-0.25, -0.2) is 4.39 Å². The zero-order chi connectivity index (χ0) is 30.3. The van der Waals surface area contributed by atoms with E-state index in [1.807, 2.05) is 6.92 Å². The van der Waals surface area contributed by atoms with E-state index in [2.05, 4.69) is 0 Å². The molecule has 4 aliphatic rings. The molecule has 9 nitrogen and oxygen atoms in total. The fourth-order valence-electron chi connectivity index (χ4n) is 8.01. The summed E-state index contributed by atoms with van der Waals surface area (Å²) in [5.74, 6) is -4.39. The molecule has 4 rings (SSSR count). The van der Waals surface area contributed by atoms with Gasteiger partial charge in [-0.05, 0) is 57.6 Å². The molecule has 0 saturated heterocycles. The molecule has 0 amide bonds. The minimum Gasteiger partial charge on any atom is -0.550 e. The van der Waals surface area contributed by atoms with Crippen molar-refractivity contribution >= 4 is 29.5 Å². The van der Waals surface area contributed by atoms with Crippen LogP contribution in [-0.2, 0) is 33.4 Å². The third kappa shape index (κ3) is 5.61. The number of carbonyl (C=O) groups excluding carboxylic acids is 5. The van der Waals surface area contributed by atoms with Gasteiger partial charge in [0.25, 0.3) is 0 Å². The Labute approximate surface area is 262 Å². The van der Waals surface area contributed by atoms with Crippen molar-refractivity contribution in [2.75, 3.05) is 6.61 Å². The number of rotatable bonds is 6. The van der Waals surface area contributed by atoms with Gasteiger partial charge in [0.2, 0.25) is 5.78 Å². The van der Waals surface area contributed by atoms with Crippen LogP contribution in [-0.4, -0.2) is 58.6 Å². The summed E-state index contributed by atoms with van der Waals surface area (Å²) in [6.45, 7) is 9.03. The number of halogens is 1. The van der Waals surface area contributed by atoms with E-state index >= 15 is 4.39 Å². The van der Waals surface area contributed by atoms with Crippen LogP contribution in [0.5, 0.6) is 0 Å². The number of hydrogen-bond donors (Lipinski definition) is 1. The molecule has 0 aliphatic heterocycles. The van der Waals surface area contributed by atoms with E-state index in [-0.39, 0.29) is 60.5 Å². The van der Waals surface area contributed by atoms with Gasteiger partial charge in [0, 0.05) is 41.5 Å². The Morgan fingerprint density at radius 3 is 2.27 bits per heavy atom. The van der Waals surface area contributed by atoms with Crippen LogP contribution >= 0.6 is 0 Å². The van der Waals surface area contributed by atoms with Crippen molar-refractivity contribution < 1.29 is 77.6 Å². The summed E-state index contributed by atoms with van der Waals surface area (Å²) in [6.07, 6.45) is 4.32. The van der Waals surface area contributed by atoms with Gasteiger partial charge in [-0.15, -0.1) is 0 Å². The van der Waals surface area contributed by atoms with Gasteiger partial charge in [-0.2, -0.15) is 0 Å². The van der Waals surface area contributed by atoms with Crippen LogP contribution in [0.4, 0.5) is 4.39 Å². The predicted molar refractivity (Wildman–Crippen MR) is 139 cm³/mol. The fourth-order valence-corrected chi connectivity index (χ4v) is 8.01. The molecule has 3 saturated carbocycles. The Balaban J connectivity index is 0.00000110. The summed E-state index contributed by atoms with van der Waals surface area (Å²) in [5.41, 5.74) is -5.26. The van der Waals surface area contributed by atoms with Crippen LogP contribution in [0, 0.1) is 28.6 Å². The number of carboxylic acid groups (broad SMARTS) is 1. The normalized spacial score (nSPS) is 38.4. The number of aliphatic hydroxyl groups is 1. The molecule has 0 aromatic rings. The summed E-state index contributed by atoms with van der Waals surface area (Å²) in [6, 6.07) is 0. The number of allylic oxidation sites excluding steroid dienone is 4. The number of fused-ring (bicyclic) bond motifs is 5. The van der Waals surface area contributed by atoms with Gasteiger partial charge < -0.3 is 24.5 Å². The van der Waals surface area contributed by atoms with Gasteiger partial charge in [-0.3, -0.25) is 19.2 Å². The number of hydrogen-bond acceptors (Lipinski definition) is 9. The Morgan fingerprint density at radius 1 is 1.12 bits per heavy atom. The molecule has 8 atom stereocenters. The maximum Gasteiger partial charge on any atom is 1.00 e. The van der Waals surface area contributed by atoms with Crippen LogP contribution in [0.25, 0.3) is 0 Å². The van der Waals surface area contributed by atoms with Crippen LogP contribution in [0.1, 0.15) is 80.1 Å². The van der Waals surface area contributed by atoms with E-state index in [1.54, 1.807) is 33.8 Å². The van der Waals surface area contributed by atoms with Gasteiger partial charge in [0.05, 0.1) is 6.10 Å². The first-order valence-electron chi connectivity index (χ1n) is 13.9. The Bertz CT molecular complexity index is 1150. The van der Waals surface area contributed by atoms with E-state index in [4.69, 9.17) is 19.4 Å². The second-order valence-corrected chi connectivity index (χ2v) is 11.9. The number of carboxylic acids is 1. The number of alkyl halides is 1. The number of aliphatic hydroxyl groups excluding tert-OH is 1. The van der Waals surface area contributed by atoms with E-state index in [0.29, 0.717) is 24.8 Å². The molecule has 0 radical (unpaired) electrons. The molecular weight excluding hydrogens is 546 g/mol. The number of ether oxygens (including phenoxy) is 2. The van der Waals surface area contributed by atoms with Crippen LogP contribution < -0.4 is 34.7 Å². The summed E-state index contributed by atoms with van der Waals surface area (Å²) in [5, 5.41) is 20.4. The number of Topliss-reactive ketones (excluding diaryl/α,β-unsaturated/α-hetero) is 1. The third-order valence-electron chi connectivity index (χ3n) is 9.81. The summed E-state index contributed by atoms with van der Waals surface area (Å²) in [4.78, 5) is 59.2. The molecule has 1 N–H and O–H groups in total. The molecule has 0 heterocycles. The zero-order valence-electron chi connectivity index (χ0n) is 25.1. The third-order valence-corrected chi connectivity index (χ3v) is 9.81. The van der Waals surface area contributed by atoms with Crippen molar-refractivity contribution in [1.82, 2.24) is 0 Å². The Hall–Kier alpha value is -1.88. The topological polar surface area (TPSA) is 147 Å².